The molecule has 0 heterocycles. The minimum atomic E-state index is -0.0750. The van der Waals surface area contributed by atoms with Crippen LogP contribution in [0, 0.1) is 0 Å². The molecule has 1 unspecified atom stereocenters. The van der Waals surface area contributed by atoms with Gasteiger partial charge in [0.05, 0.1) is 20.8 Å². The summed E-state index contributed by atoms with van der Waals surface area (Å²) in [7, 11) is 3.18. The van der Waals surface area contributed by atoms with Gasteiger partial charge in [0.2, 0.25) is 0 Å². The van der Waals surface area contributed by atoms with Gasteiger partial charge in [0, 0.05) is 18.5 Å². The topological polar surface area (TPSA) is 64.7 Å². The average molecular weight is 211 g/mol. The zero-order valence-electron chi connectivity index (χ0n) is 9.06. The third-order valence-corrected chi connectivity index (χ3v) is 2.35. The van der Waals surface area contributed by atoms with Crippen molar-refractivity contribution in [3.8, 4) is 11.5 Å². The predicted octanol–water partition coefficient (Wildman–Crippen LogP) is 0.738. The van der Waals surface area contributed by atoms with Crippen molar-refractivity contribution in [3.05, 3.63) is 23.8 Å². The lowest BCUT2D eigenvalue weighted by Crippen LogP contribution is -2.16. The van der Waals surface area contributed by atoms with Gasteiger partial charge in [-0.05, 0) is 17.7 Å². The smallest absolute Gasteiger partial charge is 0.122 e. The Hall–Kier alpha value is -1.26. The van der Waals surface area contributed by atoms with Gasteiger partial charge in [-0.1, -0.05) is 0 Å². The van der Waals surface area contributed by atoms with Crippen LogP contribution in [-0.4, -0.2) is 32.5 Å². The summed E-state index contributed by atoms with van der Waals surface area (Å²) in [6.45, 7) is 0.416. The van der Waals surface area contributed by atoms with Crippen LogP contribution in [0.4, 0.5) is 0 Å². The van der Waals surface area contributed by atoms with Crippen LogP contribution in [-0.2, 0) is 0 Å². The zero-order valence-corrected chi connectivity index (χ0v) is 9.06. The molecule has 4 heteroatoms. The fourth-order valence-electron chi connectivity index (χ4n) is 1.38. The summed E-state index contributed by atoms with van der Waals surface area (Å²) in [6, 6.07) is 5.50. The van der Waals surface area contributed by atoms with Crippen molar-refractivity contribution < 1.29 is 14.6 Å². The van der Waals surface area contributed by atoms with Crippen molar-refractivity contribution in [1.29, 1.82) is 0 Å². The molecular weight excluding hydrogens is 194 g/mol. The molecule has 0 radical (unpaired) electrons. The van der Waals surface area contributed by atoms with Crippen molar-refractivity contribution in [2.45, 2.75) is 5.92 Å². The van der Waals surface area contributed by atoms with Crippen molar-refractivity contribution in [3.63, 3.8) is 0 Å². The summed E-state index contributed by atoms with van der Waals surface area (Å²) in [5.41, 5.74) is 6.48. The molecule has 0 aliphatic rings. The predicted molar refractivity (Wildman–Crippen MR) is 58.4 cm³/mol. The lowest BCUT2D eigenvalue weighted by atomic mass is 10.00. The van der Waals surface area contributed by atoms with Gasteiger partial charge in [-0.2, -0.15) is 0 Å². The first-order chi connectivity index (χ1) is 7.24. The maximum Gasteiger partial charge on any atom is 0.122 e. The molecule has 0 bridgehead atoms. The number of hydrogen-bond acceptors (Lipinski definition) is 4. The maximum atomic E-state index is 9.15. The van der Waals surface area contributed by atoms with Crippen LogP contribution in [0.1, 0.15) is 11.5 Å². The van der Waals surface area contributed by atoms with E-state index < -0.39 is 0 Å². The van der Waals surface area contributed by atoms with E-state index in [0.717, 1.165) is 5.56 Å². The SMILES string of the molecule is COc1cc(OC)cc(C(CN)CO)c1. The Morgan fingerprint density at radius 2 is 1.73 bits per heavy atom. The third-order valence-electron chi connectivity index (χ3n) is 2.35. The van der Waals surface area contributed by atoms with Crippen molar-refractivity contribution in [2.75, 3.05) is 27.4 Å². The minimum Gasteiger partial charge on any atom is -0.497 e. The van der Waals surface area contributed by atoms with Gasteiger partial charge in [-0.25, -0.2) is 0 Å². The average Bonchev–Trinajstić information content (AvgIpc) is 2.30. The molecule has 1 atom stereocenters. The van der Waals surface area contributed by atoms with Crippen LogP contribution < -0.4 is 15.2 Å². The van der Waals surface area contributed by atoms with Gasteiger partial charge in [0.1, 0.15) is 11.5 Å². The Balaban J connectivity index is 3.05. The van der Waals surface area contributed by atoms with E-state index in [0.29, 0.717) is 18.0 Å². The van der Waals surface area contributed by atoms with E-state index in [1.54, 1.807) is 20.3 Å². The van der Waals surface area contributed by atoms with Crippen molar-refractivity contribution in [2.24, 2.45) is 5.73 Å². The molecule has 1 aromatic rings. The maximum absolute atomic E-state index is 9.15. The number of hydrogen-bond donors (Lipinski definition) is 2. The van der Waals surface area contributed by atoms with E-state index in [1.807, 2.05) is 12.1 Å². The Kier molecular flexibility index (Phi) is 4.39. The molecule has 1 aromatic carbocycles. The molecule has 0 saturated carbocycles. The Labute approximate surface area is 89.6 Å². The van der Waals surface area contributed by atoms with Crippen LogP contribution in [0.3, 0.4) is 0 Å². The number of benzene rings is 1. The summed E-state index contributed by atoms with van der Waals surface area (Å²) < 4.78 is 10.3. The number of aliphatic hydroxyl groups is 1. The normalized spacial score (nSPS) is 12.3. The van der Waals surface area contributed by atoms with E-state index in [9.17, 15) is 0 Å². The van der Waals surface area contributed by atoms with E-state index in [1.165, 1.54) is 0 Å². The second-order valence-corrected chi connectivity index (χ2v) is 3.26. The van der Waals surface area contributed by atoms with Gasteiger partial charge in [0.25, 0.3) is 0 Å². The molecule has 3 N–H and O–H groups in total. The second-order valence-electron chi connectivity index (χ2n) is 3.26. The first kappa shape index (κ1) is 11.8. The molecule has 0 amide bonds. The van der Waals surface area contributed by atoms with Crippen molar-refractivity contribution >= 4 is 0 Å². The quantitative estimate of drug-likeness (QED) is 0.754. The lowest BCUT2D eigenvalue weighted by Gasteiger charge is -2.14. The highest BCUT2D eigenvalue weighted by Crippen LogP contribution is 2.26. The Morgan fingerprint density at radius 3 is 2.07 bits per heavy atom. The molecule has 0 spiro atoms. The van der Waals surface area contributed by atoms with Gasteiger partial charge in [-0.3, -0.25) is 0 Å². The monoisotopic (exact) mass is 211 g/mol. The molecule has 0 saturated heterocycles. The van der Waals surface area contributed by atoms with Crippen LogP contribution in [0.15, 0.2) is 18.2 Å². The molecule has 1 rings (SSSR count). The summed E-state index contributed by atoms with van der Waals surface area (Å²) in [6.07, 6.45) is 0. The van der Waals surface area contributed by atoms with E-state index >= 15 is 0 Å². The largest absolute Gasteiger partial charge is 0.497 e. The fourth-order valence-corrected chi connectivity index (χ4v) is 1.38. The van der Waals surface area contributed by atoms with Crippen molar-refractivity contribution in [1.82, 2.24) is 0 Å². The lowest BCUT2D eigenvalue weighted by molar-refractivity contribution is 0.267. The number of nitrogens with two attached hydrogens (primary N) is 1. The summed E-state index contributed by atoms with van der Waals surface area (Å²) in [5.74, 6) is 1.33. The number of ether oxygens (including phenoxy) is 2. The van der Waals surface area contributed by atoms with Crippen LogP contribution in [0.2, 0.25) is 0 Å². The fraction of sp³-hybridized carbons (Fsp3) is 0.455. The van der Waals surface area contributed by atoms with Gasteiger partial charge in [-0.15, -0.1) is 0 Å². The highest BCUT2D eigenvalue weighted by atomic mass is 16.5. The molecular formula is C11H17NO3. The number of methoxy groups -OCH3 is 2. The molecule has 0 aromatic heterocycles. The van der Waals surface area contributed by atoms with Gasteiger partial charge >= 0.3 is 0 Å². The summed E-state index contributed by atoms with van der Waals surface area (Å²) in [4.78, 5) is 0. The number of aliphatic hydroxyl groups excluding tert-OH is 1. The molecule has 0 aliphatic carbocycles. The van der Waals surface area contributed by atoms with Crippen LogP contribution >= 0.6 is 0 Å². The van der Waals surface area contributed by atoms with E-state index in [4.69, 9.17) is 20.3 Å². The molecule has 0 fully saturated rings. The second kappa shape index (κ2) is 5.58. The zero-order chi connectivity index (χ0) is 11.3. The van der Waals surface area contributed by atoms with E-state index in [2.05, 4.69) is 0 Å². The van der Waals surface area contributed by atoms with Crippen LogP contribution in [0.5, 0.6) is 11.5 Å². The Bertz CT molecular complexity index is 288. The minimum absolute atomic E-state index is 0.0207. The van der Waals surface area contributed by atoms with Crippen LogP contribution in [0.25, 0.3) is 0 Å². The summed E-state index contributed by atoms with van der Waals surface area (Å²) in [5, 5.41) is 9.15. The highest BCUT2D eigenvalue weighted by Gasteiger charge is 2.11. The molecule has 4 nitrogen and oxygen atoms in total. The van der Waals surface area contributed by atoms with Gasteiger partial charge < -0.3 is 20.3 Å². The highest BCUT2D eigenvalue weighted by molar-refractivity contribution is 5.40. The first-order valence-corrected chi connectivity index (χ1v) is 4.79. The third kappa shape index (κ3) is 2.84. The first-order valence-electron chi connectivity index (χ1n) is 4.79. The Morgan fingerprint density at radius 1 is 1.20 bits per heavy atom. The summed E-state index contributed by atoms with van der Waals surface area (Å²) >= 11 is 0. The van der Waals surface area contributed by atoms with Gasteiger partial charge in [0.15, 0.2) is 0 Å². The molecule has 0 aliphatic heterocycles. The number of rotatable bonds is 5. The van der Waals surface area contributed by atoms with E-state index in [-0.39, 0.29) is 12.5 Å². The standard InChI is InChI=1S/C11H17NO3/c1-14-10-3-8(9(6-12)7-13)4-11(5-10)15-2/h3-5,9,13H,6-7,12H2,1-2H3. The molecule has 15 heavy (non-hydrogen) atoms. The molecule has 84 valence electrons.